The number of nitrogens with one attached hydrogen (secondary N) is 1. The highest BCUT2D eigenvalue weighted by molar-refractivity contribution is 6.31. The lowest BCUT2D eigenvalue weighted by Gasteiger charge is -2.40. The highest BCUT2D eigenvalue weighted by atomic mass is 35.5. The fourth-order valence-corrected chi connectivity index (χ4v) is 4.84. The first kappa shape index (κ1) is 26.9. The maximum atomic E-state index is 14.5. The molecule has 0 saturated carbocycles. The molecule has 10 heteroatoms. The third-order valence-corrected chi connectivity index (χ3v) is 7.23. The number of piperazine rings is 1. The van der Waals surface area contributed by atoms with Crippen LogP contribution >= 0.6 is 11.6 Å². The van der Waals surface area contributed by atoms with Gasteiger partial charge in [-0.2, -0.15) is 0 Å². The monoisotopic (exact) mass is 529 g/mol. The van der Waals surface area contributed by atoms with E-state index in [0.717, 1.165) is 32.5 Å². The number of aromatic nitrogens is 2. The fraction of sp³-hybridized carbons (Fsp3) is 0.444. The molecule has 1 aliphatic rings. The summed E-state index contributed by atoms with van der Waals surface area (Å²) >= 11 is 5.92. The number of nitrogens with zero attached hydrogens (tertiary/aromatic N) is 4. The summed E-state index contributed by atoms with van der Waals surface area (Å²) < 4.78 is 25.8. The van der Waals surface area contributed by atoms with Crippen molar-refractivity contribution in [1.29, 1.82) is 0 Å². The van der Waals surface area contributed by atoms with Crippen LogP contribution in [0.15, 0.2) is 36.7 Å². The van der Waals surface area contributed by atoms with Crippen molar-refractivity contribution in [2.75, 3.05) is 38.6 Å². The van der Waals surface area contributed by atoms with E-state index in [4.69, 9.17) is 21.1 Å². The smallest absolute Gasteiger partial charge is 0.415 e. The van der Waals surface area contributed by atoms with Crippen molar-refractivity contribution in [2.45, 2.75) is 39.7 Å². The molecule has 198 valence electrons. The number of amides is 1. The van der Waals surface area contributed by atoms with Crippen molar-refractivity contribution in [3.05, 3.63) is 47.5 Å². The molecule has 1 saturated heterocycles. The zero-order valence-electron chi connectivity index (χ0n) is 21.6. The van der Waals surface area contributed by atoms with E-state index in [1.54, 1.807) is 29.2 Å². The van der Waals surface area contributed by atoms with E-state index in [0.29, 0.717) is 34.9 Å². The van der Waals surface area contributed by atoms with Gasteiger partial charge in [0.1, 0.15) is 12.1 Å². The maximum absolute atomic E-state index is 14.5. The summed E-state index contributed by atoms with van der Waals surface area (Å²) in [5, 5.41) is 3.50. The van der Waals surface area contributed by atoms with Gasteiger partial charge in [-0.1, -0.05) is 44.4 Å². The van der Waals surface area contributed by atoms with Gasteiger partial charge in [0, 0.05) is 43.7 Å². The van der Waals surface area contributed by atoms with E-state index in [1.807, 2.05) is 6.92 Å². The Morgan fingerprint density at radius 1 is 1.22 bits per heavy atom. The van der Waals surface area contributed by atoms with E-state index in [-0.39, 0.29) is 22.5 Å². The van der Waals surface area contributed by atoms with Gasteiger partial charge in [0.05, 0.1) is 23.3 Å². The highest BCUT2D eigenvalue weighted by Gasteiger charge is 2.30. The average molecular weight is 530 g/mol. The molecule has 1 aliphatic heterocycles. The fourth-order valence-electron chi connectivity index (χ4n) is 4.67. The Labute approximate surface area is 221 Å². The number of carbonyl (C=O) groups is 1. The van der Waals surface area contributed by atoms with Crippen LogP contribution in [0.4, 0.5) is 20.7 Å². The quantitative estimate of drug-likeness (QED) is 0.377. The zero-order valence-corrected chi connectivity index (χ0v) is 22.4. The molecule has 0 bridgehead atoms. The SMILES string of the molecule is CCC(CC)CN1CCN(C(=O)Oc2cc3c(Nc4cccc(Cl)c4F)ncnc3cc2OC)[C@H](C)C1. The van der Waals surface area contributed by atoms with Gasteiger partial charge in [-0.15, -0.1) is 0 Å². The largest absolute Gasteiger partial charge is 0.493 e. The van der Waals surface area contributed by atoms with Gasteiger partial charge < -0.3 is 19.7 Å². The van der Waals surface area contributed by atoms with Gasteiger partial charge in [-0.25, -0.2) is 19.2 Å². The molecule has 8 nitrogen and oxygen atoms in total. The first-order valence-electron chi connectivity index (χ1n) is 12.6. The minimum Gasteiger partial charge on any atom is -0.493 e. The molecule has 0 unspecified atom stereocenters. The van der Waals surface area contributed by atoms with Crippen LogP contribution in [-0.4, -0.2) is 65.2 Å². The molecule has 1 fully saturated rings. The van der Waals surface area contributed by atoms with E-state index >= 15 is 0 Å². The van der Waals surface area contributed by atoms with Crippen LogP contribution in [0.2, 0.25) is 5.02 Å². The van der Waals surface area contributed by atoms with Crippen LogP contribution in [0.25, 0.3) is 10.9 Å². The predicted molar refractivity (Wildman–Crippen MR) is 143 cm³/mol. The molecule has 2 heterocycles. The van der Waals surface area contributed by atoms with Crippen LogP contribution in [0.1, 0.15) is 33.6 Å². The van der Waals surface area contributed by atoms with Crippen LogP contribution in [0.5, 0.6) is 11.5 Å². The van der Waals surface area contributed by atoms with Gasteiger partial charge in [-0.05, 0) is 31.0 Å². The Morgan fingerprint density at radius 3 is 2.70 bits per heavy atom. The minimum atomic E-state index is -0.589. The molecular formula is C27H33ClFN5O3. The van der Waals surface area contributed by atoms with Crippen LogP contribution in [0.3, 0.4) is 0 Å². The summed E-state index contributed by atoms with van der Waals surface area (Å²) in [6.07, 6.45) is 3.22. The summed E-state index contributed by atoms with van der Waals surface area (Å²) in [4.78, 5) is 25.9. The van der Waals surface area contributed by atoms with Crippen LogP contribution in [0, 0.1) is 11.7 Å². The summed E-state index contributed by atoms with van der Waals surface area (Å²) in [6, 6.07) is 7.97. The maximum Gasteiger partial charge on any atom is 0.415 e. The minimum absolute atomic E-state index is 0.00576. The molecule has 1 amide bonds. The second-order valence-corrected chi connectivity index (χ2v) is 9.73. The molecule has 37 heavy (non-hydrogen) atoms. The van der Waals surface area contributed by atoms with Crippen molar-refractivity contribution in [3.63, 3.8) is 0 Å². The second-order valence-electron chi connectivity index (χ2n) is 9.32. The molecule has 0 spiro atoms. The number of methoxy groups -OCH3 is 1. The molecule has 4 rings (SSSR count). The van der Waals surface area contributed by atoms with Gasteiger partial charge in [0.2, 0.25) is 0 Å². The molecular weight excluding hydrogens is 497 g/mol. The van der Waals surface area contributed by atoms with Crippen LogP contribution in [-0.2, 0) is 0 Å². The molecule has 0 aliphatic carbocycles. The molecule has 1 N–H and O–H groups in total. The lowest BCUT2D eigenvalue weighted by molar-refractivity contribution is 0.0698. The van der Waals surface area contributed by atoms with E-state index in [1.165, 1.54) is 19.5 Å². The molecule has 1 atom stereocenters. The third-order valence-electron chi connectivity index (χ3n) is 6.94. The second kappa shape index (κ2) is 11.9. The summed E-state index contributed by atoms with van der Waals surface area (Å²) in [5.74, 6) is 1.01. The molecule has 2 aromatic carbocycles. The number of carbonyl (C=O) groups excluding carboxylic acids is 1. The van der Waals surface area contributed by atoms with Crippen molar-refractivity contribution >= 4 is 40.1 Å². The van der Waals surface area contributed by atoms with Crippen molar-refractivity contribution in [2.24, 2.45) is 5.92 Å². The summed E-state index contributed by atoms with van der Waals surface area (Å²) in [7, 11) is 1.50. The average Bonchev–Trinajstić information content (AvgIpc) is 2.89. The van der Waals surface area contributed by atoms with E-state index in [9.17, 15) is 9.18 Å². The first-order valence-corrected chi connectivity index (χ1v) is 13.0. The third kappa shape index (κ3) is 6.05. The topological polar surface area (TPSA) is 79.8 Å². The standard InChI is InChI=1S/C27H33ClFN5O3/c1-5-18(6-2)15-33-10-11-34(17(3)14-33)27(35)37-24-12-19-22(13-23(24)36-4)30-16-31-26(19)32-21-9-7-8-20(28)25(21)29/h7-9,12-13,16-18H,5-6,10-11,14-15H2,1-4H3,(H,30,31,32)/t17-/m1/s1. The normalized spacial score (nSPS) is 16.3. The Kier molecular flexibility index (Phi) is 8.66. The van der Waals surface area contributed by atoms with Crippen LogP contribution < -0.4 is 14.8 Å². The molecule has 3 aromatic rings. The van der Waals surface area contributed by atoms with Crippen molar-refractivity contribution in [1.82, 2.24) is 19.8 Å². The van der Waals surface area contributed by atoms with Crippen molar-refractivity contribution < 1.29 is 18.7 Å². The summed E-state index contributed by atoms with van der Waals surface area (Å²) in [6.45, 7) is 9.71. The Balaban J connectivity index is 1.55. The van der Waals surface area contributed by atoms with Crippen molar-refractivity contribution in [3.8, 4) is 11.5 Å². The first-order chi connectivity index (χ1) is 17.8. The Hall–Kier alpha value is -3.17. The Bertz CT molecular complexity index is 1260. The lowest BCUT2D eigenvalue weighted by Crippen LogP contribution is -2.55. The number of benzene rings is 2. The molecule has 1 aromatic heterocycles. The number of fused-ring (bicyclic) bond motifs is 1. The molecule has 0 radical (unpaired) electrons. The van der Waals surface area contributed by atoms with E-state index < -0.39 is 11.9 Å². The number of ether oxygens (including phenoxy) is 2. The summed E-state index contributed by atoms with van der Waals surface area (Å²) in [5.41, 5.74) is 0.710. The zero-order chi connectivity index (χ0) is 26.5. The Morgan fingerprint density at radius 2 is 2.00 bits per heavy atom. The number of rotatable bonds is 8. The van der Waals surface area contributed by atoms with Gasteiger partial charge >= 0.3 is 6.09 Å². The number of hydrogen-bond donors (Lipinski definition) is 1. The number of anilines is 2. The van der Waals surface area contributed by atoms with Gasteiger partial charge in [-0.3, -0.25) is 4.90 Å². The highest BCUT2D eigenvalue weighted by Crippen LogP contribution is 2.36. The number of halogens is 2. The van der Waals surface area contributed by atoms with Gasteiger partial charge in [0.15, 0.2) is 17.3 Å². The van der Waals surface area contributed by atoms with Gasteiger partial charge in [0.25, 0.3) is 0 Å². The predicted octanol–water partition coefficient (Wildman–Crippen LogP) is 6.12. The van der Waals surface area contributed by atoms with E-state index in [2.05, 4.69) is 34.0 Å². The lowest BCUT2D eigenvalue weighted by atomic mass is 10.0. The number of hydrogen-bond acceptors (Lipinski definition) is 7.